The molecule has 1 unspecified atom stereocenters. The Hall–Kier alpha value is -1.84. The fourth-order valence-electron chi connectivity index (χ4n) is 3.36. The van der Waals surface area contributed by atoms with Gasteiger partial charge in [0.05, 0.1) is 6.54 Å². The van der Waals surface area contributed by atoms with Gasteiger partial charge in [-0.2, -0.15) is 0 Å². The molecule has 29 heavy (non-hydrogen) atoms. The van der Waals surface area contributed by atoms with E-state index < -0.39 is 0 Å². The van der Waals surface area contributed by atoms with Gasteiger partial charge in [-0.1, -0.05) is 18.6 Å². The zero-order valence-corrected chi connectivity index (χ0v) is 20.0. The molecule has 0 radical (unpaired) electrons. The molecule has 0 spiro atoms. The largest absolute Gasteiger partial charge is 0.489 e. The summed E-state index contributed by atoms with van der Waals surface area (Å²) in [5.74, 6) is 3.70. The Kier molecular flexibility index (Phi) is 9.69. The molecule has 1 aromatic heterocycles. The Bertz CT molecular complexity index is 791. The Morgan fingerprint density at radius 1 is 1.24 bits per heavy atom. The molecule has 0 fully saturated rings. The standard InChI is InChI=1S/C21H32N6O.HI/c1-4-22-21(23-14-17(3)28-18-10-8-9-16(2)13-18)24-15-20-26-25-19-11-6-5-7-12-27(19)20;/h8-10,13,17H,4-7,11-12,14-15H2,1-3H3,(H2,22,23,24);1H. The molecule has 7 nitrogen and oxygen atoms in total. The van der Waals surface area contributed by atoms with Crippen molar-refractivity contribution in [2.45, 2.75) is 65.6 Å². The van der Waals surface area contributed by atoms with Crippen molar-refractivity contribution in [2.24, 2.45) is 4.99 Å². The maximum atomic E-state index is 5.99. The number of aliphatic imine (C=N–C) groups is 1. The average Bonchev–Trinajstić information content (AvgIpc) is 2.90. The lowest BCUT2D eigenvalue weighted by Gasteiger charge is -2.18. The van der Waals surface area contributed by atoms with Gasteiger partial charge in [-0.3, -0.25) is 0 Å². The fourth-order valence-corrected chi connectivity index (χ4v) is 3.36. The van der Waals surface area contributed by atoms with Crippen molar-refractivity contribution < 1.29 is 4.74 Å². The van der Waals surface area contributed by atoms with Crippen LogP contribution in [-0.2, 0) is 19.5 Å². The number of rotatable bonds is 7. The van der Waals surface area contributed by atoms with E-state index in [1.54, 1.807) is 0 Å². The van der Waals surface area contributed by atoms with Gasteiger partial charge >= 0.3 is 0 Å². The van der Waals surface area contributed by atoms with Crippen LogP contribution in [0.2, 0.25) is 0 Å². The van der Waals surface area contributed by atoms with Crippen LogP contribution in [0, 0.1) is 6.92 Å². The van der Waals surface area contributed by atoms with Crippen LogP contribution in [-0.4, -0.2) is 39.9 Å². The summed E-state index contributed by atoms with van der Waals surface area (Å²) >= 11 is 0. The van der Waals surface area contributed by atoms with E-state index in [2.05, 4.69) is 52.2 Å². The number of benzene rings is 1. The minimum atomic E-state index is 0. The van der Waals surface area contributed by atoms with E-state index in [0.29, 0.717) is 13.1 Å². The second-order valence-electron chi connectivity index (χ2n) is 7.32. The van der Waals surface area contributed by atoms with E-state index in [4.69, 9.17) is 9.73 Å². The second kappa shape index (κ2) is 12.0. The molecule has 3 rings (SSSR count). The van der Waals surface area contributed by atoms with Gasteiger partial charge in [-0.15, -0.1) is 34.2 Å². The van der Waals surface area contributed by atoms with E-state index in [-0.39, 0.29) is 30.1 Å². The first kappa shape index (κ1) is 23.4. The summed E-state index contributed by atoms with van der Waals surface area (Å²) in [6.45, 7) is 9.17. The molecule has 2 N–H and O–H groups in total. The van der Waals surface area contributed by atoms with E-state index in [1.165, 1.54) is 24.8 Å². The summed E-state index contributed by atoms with van der Waals surface area (Å²) in [5.41, 5.74) is 1.19. The Morgan fingerprint density at radius 2 is 2.10 bits per heavy atom. The van der Waals surface area contributed by atoms with Crippen LogP contribution in [0.25, 0.3) is 0 Å². The van der Waals surface area contributed by atoms with Gasteiger partial charge in [-0.05, 0) is 51.3 Å². The number of fused-ring (bicyclic) bond motifs is 1. The summed E-state index contributed by atoms with van der Waals surface area (Å²) < 4.78 is 8.23. The summed E-state index contributed by atoms with van der Waals surface area (Å²) in [6, 6.07) is 8.11. The van der Waals surface area contributed by atoms with Crippen molar-refractivity contribution in [1.29, 1.82) is 0 Å². The number of ether oxygens (including phenoxy) is 1. The van der Waals surface area contributed by atoms with Gasteiger partial charge in [0.15, 0.2) is 11.8 Å². The molecule has 1 aliphatic heterocycles. The second-order valence-corrected chi connectivity index (χ2v) is 7.32. The molecule has 0 saturated carbocycles. The van der Waals surface area contributed by atoms with Crippen LogP contribution < -0.4 is 15.4 Å². The SMILES string of the molecule is CCNC(=NCc1nnc2n1CCCCC2)NCC(C)Oc1cccc(C)c1.I. The highest BCUT2D eigenvalue weighted by molar-refractivity contribution is 14.0. The van der Waals surface area contributed by atoms with Gasteiger partial charge < -0.3 is 19.9 Å². The molecule has 2 heterocycles. The molecular weight excluding hydrogens is 479 g/mol. The molecule has 0 saturated heterocycles. The van der Waals surface area contributed by atoms with Crippen LogP contribution >= 0.6 is 24.0 Å². The third-order valence-corrected chi connectivity index (χ3v) is 4.79. The van der Waals surface area contributed by atoms with Gasteiger partial charge in [0.2, 0.25) is 0 Å². The molecule has 0 aliphatic carbocycles. The third kappa shape index (κ3) is 7.17. The molecule has 1 atom stereocenters. The van der Waals surface area contributed by atoms with Gasteiger partial charge in [-0.25, -0.2) is 4.99 Å². The first-order valence-corrected chi connectivity index (χ1v) is 10.3. The molecule has 0 bridgehead atoms. The minimum Gasteiger partial charge on any atom is -0.489 e. The average molecular weight is 512 g/mol. The smallest absolute Gasteiger partial charge is 0.191 e. The molecular formula is C21H33IN6O. The number of hydrogen-bond donors (Lipinski definition) is 2. The lowest BCUT2D eigenvalue weighted by Crippen LogP contribution is -2.41. The monoisotopic (exact) mass is 512 g/mol. The summed E-state index contributed by atoms with van der Waals surface area (Å²) in [5, 5.41) is 15.4. The predicted octanol–water partition coefficient (Wildman–Crippen LogP) is 3.45. The first-order valence-electron chi connectivity index (χ1n) is 10.3. The summed E-state index contributed by atoms with van der Waals surface area (Å²) in [6.07, 6.45) is 4.69. The number of nitrogens with one attached hydrogen (secondary N) is 2. The molecule has 160 valence electrons. The van der Waals surface area contributed by atoms with E-state index in [9.17, 15) is 0 Å². The molecule has 1 aliphatic rings. The van der Waals surface area contributed by atoms with E-state index in [1.807, 2.05) is 18.2 Å². The highest BCUT2D eigenvalue weighted by Gasteiger charge is 2.14. The number of aromatic nitrogens is 3. The minimum absolute atomic E-state index is 0. The van der Waals surface area contributed by atoms with Crippen molar-refractivity contribution in [1.82, 2.24) is 25.4 Å². The van der Waals surface area contributed by atoms with Gasteiger partial charge in [0, 0.05) is 19.5 Å². The van der Waals surface area contributed by atoms with Crippen molar-refractivity contribution >= 4 is 29.9 Å². The van der Waals surface area contributed by atoms with Crippen molar-refractivity contribution in [3.8, 4) is 5.75 Å². The third-order valence-electron chi connectivity index (χ3n) is 4.79. The summed E-state index contributed by atoms with van der Waals surface area (Å²) in [7, 11) is 0. The molecule has 0 amide bonds. The molecule has 8 heteroatoms. The van der Waals surface area contributed by atoms with Crippen LogP contribution in [0.4, 0.5) is 0 Å². The lowest BCUT2D eigenvalue weighted by atomic mass is 10.2. The van der Waals surface area contributed by atoms with Crippen LogP contribution in [0.1, 0.15) is 50.3 Å². The maximum Gasteiger partial charge on any atom is 0.191 e. The Morgan fingerprint density at radius 3 is 2.90 bits per heavy atom. The predicted molar refractivity (Wildman–Crippen MR) is 127 cm³/mol. The number of guanidine groups is 1. The van der Waals surface area contributed by atoms with E-state index in [0.717, 1.165) is 42.9 Å². The van der Waals surface area contributed by atoms with Gasteiger partial charge in [0.1, 0.15) is 24.2 Å². The normalized spacial score (nSPS) is 14.9. The lowest BCUT2D eigenvalue weighted by molar-refractivity contribution is 0.223. The zero-order valence-electron chi connectivity index (χ0n) is 17.6. The van der Waals surface area contributed by atoms with Crippen LogP contribution in [0.5, 0.6) is 5.75 Å². The van der Waals surface area contributed by atoms with Gasteiger partial charge in [0.25, 0.3) is 0 Å². The van der Waals surface area contributed by atoms with Crippen molar-refractivity contribution in [2.75, 3.05) is 13.1 Å². The topological polar surface area (TPSA) is 76.4 Å². The highest BCUT2D eigenvalue weighted by Crippen LogP contribution is 2.15. The molecule has 2 aromatic rings. The van der Waals surface area contributed by atoms with Crippen LogP contribution in [0.3, 0.4) is 0 Å². The van der Waals surface area contributed by atoms with Crippen LogP contribution in [0.15, 0.2) is 29.3 Å². The highest BCUT2D eigenvalue weighted by atomic mass is 127. The fraction of sp³-hybridized carbons (Fsp3) is 0.571. The quantitative estimate of drug-likeness (QED) is 0.338. The molecule has 1 aromatic carbocycles. The maximum absolute atomic E-state index is 5.99. The summed E-state index contributed by atoms with van der Waals surface area (Å²) in [4.78, 5) is 4.70. The Labute approximate surface area is 190 Å². The number of nitrogens with zero attached hydrogens (tertiary/aromatic N) is 4. The Balaban J connectivity index is 0.00000300. The number of halogens is 1. The number of hydrogen-bond acceptors (Lipinski definition) is 4. The number of aryl methyl sites for hydroxylation is 2. The van der Waals surface area contributed by atoms with E-state index >= 15 is 0 Å². The zero-order chi connectivity index (χ0) is 19.8. The van der Waals surface area contributed by atoms with Crippen molar-refractivity contribution in [3.05, 3.63) is 41.5 Å². The van der Waals surface area contributed by atoms with Crippen molar-refractivity contribution in [3.63, 3.8) is 0 Å². The first-order chi connectivity index (χ1) is 13.7.